The molecule has 6 heteroatoms. The van der Waals surface area contributed by atoms with Crippen molar-refractivity contribution in [3.63, 3.8) is 0 Å². The van der Waals surface area contributed by atoms with E-state index in [1.165, 1.54) is 0 Å². The lowest BCUT2D eigenvalue weighted by molar-refractivity contribution is 0.0949. The van der Waals surface area contributed by atoms with Gasteiger partial charge in [-0.25, -0.2) is 0 Å². The molecular weight excluding hydrogens is 296 g/mol. The summed E-state index contributed by atoms with van der Waals surface area (Å²) >= 11 is 0. The van der Waals surface area contributed by atoms with E-state index in [-0.39, 0.29) is 18.4 Å². The summed E-state index contributed by atoms with van der Waals surface area (Å²) in [5, 5.41) is 11.5. The number of hydrogen-bond acceptors (Lipinski definition) is 5. The minimum Gasteiger partial charge on any atom is -0.490 e. The largest absolute Gasteiger partial charge is 0.490 e. The van der Waals surface area contributed by atoms with Gasteiger partial charge in [0.25, 0.3) is 5.91 Å². The normalized spacial score (nSPS) is 11.3. The molecule has 1 aromatic rings. The van der Waals surface area contributed by atoms with Crippen LogP contribution in [-0.2, 0) is 0 Å². The molecule has 0 aromatic heterocycles. The van der Waals surface area contributed by atoms with Crippen LogP contribution in [0.5, 0.6) is 17.2 Å². The highest BCUT2D eigenvalue weighted by Gasteiger charge is 2.18. The predicted octanol–water partition coefficient (Wildman–Crippen LogP) is 2.77. The number of carbonyl (C=O) groups is 1. The molecular formula is C17H24N2O4. The van der Waals surface area contributed by atoms with Crippen molar-refractivity contribution < 1.29 is 19.0 Å². The minimum absolute atomic E-state index is 0.251. The molecule has 0 aliphatic carbocycles. The summed E-state index contributed by atoms with van der Waals surface area (Å²) in [5.74, 6) is 0.909. The number of nitriles is 1. The zero-order valence-corrected chi connectivity index (χ0v) is 14.1. The Kier molecular flexibility index (Phi) is 7.75. The third kappa shape index (κ3) is 5.37. The molecule has 0 spiro atoms. The van der Waals surface area contributed by atoms with Gasteiger partial charge in [0.05, 0.1) is 31.8 Å². The Morgan fingerprint density at radius 3 is 2.09 bits per heavy atom. The Labute approximate surface area is 137 Å². The lowest BCUT2D eigenvalue weighted by Crippen LogP contribution is -2.27. The molecule has 1 rings (SSSR count). The Morgan fingerprint density at radius 2 is 1.65 bits per heavy atom. The first-order valence-corrected chi connectivity index (χ1v) is 7.81. The molecule has 0 aliphatic rings. The van der Waals surface area contributed by atoms with Crippen LogP contribution in [0.4, 0.5) is 0 Å². The molecule has 0 saturated carbocycles. The van der Waals surface area contributed by atoms with Crippen LogP contribution in [-0.4, -0.2) is 32.3 Å². The number of benzene rings is 1. The SMILES string of the molecule is CCOc1cc(C(=O)NCC(C)C#N)cc(OCC)c1OCC. The highest BCUT2D eigenvalue weighted by atomic mass is 16.5. The molecule has 0 fully saturated rings. The van der Waals surface area contributed by atoms with Crippen molar-refractivity contribution in [2.24, 2.45) is 5.92 Å². The van der Waals surface area contributed by atoms with Gasteiger partial charge in [-0.15, -0.1) is 0 Å². The summed E-state index contributed by atoms with van der Waals surface area (Å²) in [6, 6.07) is 5.33. The summed E-state index contributed by atoms with van der Waals surface area (Å²) in [6.45, 7) is 8.98. The molecule has 0 aliphatic heterocycles. The summed E-state index contributed by atoms with van der Waals surface area (Å²) in [6.07, 6.45) is 0. The van der Waals surface area contributed by atoms with Crippen LogP contribution >= 0.6 is 0 Å². The average Bonchev–Trinajstić information content (AvgIpc) is 2.55. The predicted molar refractivity (Wildman–Crippen MR) is 87.1 cm³/mol. The van der Waals surface area contributed by atoms with Crippen molar-refractivity contribution >= 4 is 5.91 Å². The van der Waals surface area contributed by atoms with Crippen molar-refractivity contribution in [1.29, 1.82) is 5.26 Å². The maximum absolute atomic E-state index is 12.3. The monoisotopic (exact) mass is 320 g/mol. The van der Waals surface area contributed by atoms with E-state index < -0.39 is 0 Å². The topological polar surface area (TPSA) is 80.6 Å². The van der Waals surface area contributed by atoms with Gasteiger partial charge < -0.3 is 19.5 Å². The Hall–Kier alpha value is -2.42. The molecule has 1 atom stereocenters. The molecule has 23 heavy (non-hydrogen) atoms. The second-order valence-corrected chi connectivity index (χ2v) is 4.84. The fourth-order valence-corrected chi connectivity index (χ4v) is 1.91. The molecule has 0 radical (unpaired) electrons. The molecule has 0 saturated heterocycles. The van der Waals surface area contributed by atoms with Gasteiger partial charge in [-0.2, -0.15) is 5.26 Å². The van der Waals surface area contributed by atoms with Crippen molar-refractivity contribution in [2.45, 2.75) is 27.7 Å². The number of nitrogens with one attached hydrogen (secondary N) is 1. The number of carbonyl (C=O) groups excluding carboxylic acids is 1. The molecule has 0 bridgehead atoms. The maximum Gasteiger partial charge on any atom is 0.251 e. The second-order valence-electron chi connectivity index (χ2n) is 4.84. The molecule has 0 heterocycles. The molecule has 1 amide bonds. The highest BCUT2D eigenvalue weighted by Crippen LogP contribution is 2.39. The van der Waals surface area contributed by atoms with E-state index in [0.29, 0.717) is 42.6 Å². The Bertz CT molecular complexity index is 539. The van der Waals surface area contributed by atoms with Crippen LogP contribution in [0.15, 0.2) is 12.1 Å². The number of ether oxygens (including phenoxy) is 3. The van der Waals surface area contributed by atoms with Gasteiger partial charge in [0.2, 0.25) is 5.75 Å². The fourth-order valence-electron chi connectivity index (χ4n) is 1.91. The lowest BCUT2D eigenvalue weighted by Gasteiger charge is -2.17. The van der Waals surface area contributed by atoms with Crippen LogP contribution in [0.3, 0.4) is 0 Å². The standard InChI is InChI=1S/C17H24N2O4/c1-5-21-14-8-13(17(20)19-11-12(4)10-18)9-15(22-6-2)16(14)23-7-3/h8-9,12H,5-7,11H2,1-4H3,(H,19,20). The first kappa shape index (κ1) is 18.6. The van der Waals surface area contributed by atoms with E-state index in [1.807, 2.05) is 20.8 Å². The van der Waals surface area contributed by atoms with E-state index >= 15 is 0 Å². The highest BCUT2D eigenvalue weighted by molar-refractivity contribution is 5.95. The van der Waals surface area contributed by atoms with Gasteiger partial charge in [-0.3, -0.25) is 4.79 Å². The van der Waals surface area contributed by atoms with Gasteiger partial charge >= 0.3 is 0 Å². The van der Waals surface area contributed by atoms with Gasteiger partial charge in [-0.1, -0.05) is 0 Å². The number of nitrogens with zero attached hydrogens (tertiary/aromatic N) is 1. The van der Waals surface area contributed by atoms with Crippen LogP contribution < -0.4 is 19.5 Å². The van der Waals surface area contributed by atoms with Crippen LogP contribution in [0.25, 0.3) is 0 Å². The van der Waals surface area contributed by atoms with Gasteiger partial charge in [0.15, 0.2) is 11.5 Å². The van der Waals surface area contributed by atoms with Gasteiger partial charge in [0, 0.05) is 12.1 Å². The third-order valence-corrected chi connectivity index (χ3v) is 2.96. The minimum atomic E-state index is -0.281. The first-order chi connectivity index (χ1) is 11.1. The summed E-state index contributed by atoms with van der Waals surface area (Å²) in [5.41, 5.74) is 0.408. The van der Waals surface area contributed by atoms with Crippen molar-refractivity contribution in [2.75, 3.05) is 26.4 Å². The first-order valence-electron chi connectivity index (χ1n) is 7.81. The molecule has 1 aromatic carbocycles. The molecule has 1 unspecified atom stereocenters. The van der Waals surface area contributed by atoms with Crippen molar-refractivity contribution in [1.82, 2.24) is 5.32 Å². The number of hydrogen-bond donors (Lipinski definition) is 1. The smallest absolute Gasteiger partial charge is 0.251 e. The zero-order chi connectivity index (χ0) is 17.2. The van der Waals surface area contributed by atoms with E-state index in [1.54, 1.807) is 19.1 Å². The molecule has 1 N–H and O–H groups in total. The van der Waals surface area contributed by atoms with Crippen molar-refractivity contribution in [3.05, 3.63) is 17.7 Å². The molecule has 6 nitrogen and oxygen atoms in total. The Morgan fingerprint density at radius 1 is 1.13 bits per heavy atom. The van der Waals surface area contributed by atoms with Crippen LogP contribution in [0, 0.1) is 17.2 Å². The van der Waals surface area contributed by atoms with E-state index in [4.69, 9.17) is 19.5 Å². The number of rotatable bonds is 9. The number of amides is 1. The molecule has 126 valence electrons. The third-order valence-electron chi connectivity index (χ3n) is 2.96. The second kappa shape index (κ2) is 9.57. The summed E-state index contributed by atoms with van der Waals surface area (Å²) in [4.78, 5) is 12.3. The van der Waals surface area contributed by atoms with E-state index in [0.717, 1.165) is 0 Å². The van der Waals surface area contributed by atoms with Crippen LogP contribution in [0.2, 0.25) is 0 Å². The fraction of sp³-hybridized carbons (Fsp3) is 0.529. The maximum atomic E-state index is 12.3. The van der Waals surface area contributed by atoms with Crippen LogP contribution in [0.1, 0.15) is 38.1 Å². The van der Waals surface area contributed by atoms with Gasteiger partial charge in [-0.05, 0) is 39.8 Å². The zero-order valence-electron chi connectivity index (χ0n) is 14.1. The average molecular weight is 320 g/mol. The quantitative estimate of drug-likeness (QED) is 0.756. The van der Waals surface area contributed by atoms with Gasteiger partial charge in [0.1, 0.15) is 0 Å². The summed E-state index contributed by atoms with van der Waals surface area (Å²) in [7, 11) is 0. The van der Waals surface area contributed by atoms with E-state index in [9.17, 15) is 4.79 Å². The Balaban J connectivity index is 3.12. The van der Waals surface area contributed by atoms with E-state index in [2.05, 4.69) is 11.4 Å². The lowest BCUT2D eigenvalue weighted by atomic mass is 10.1. The summed E-state index contributed by atoms with van der Waals surface area (Å²) < 4.78 is 16.8. The van der Waals surface area contributed by atoms with Crippen molar-refractivity contribution in [3.8, 4) is 23.3 Å².